The molecule has 0 radical (unpaired) electrons. The molecule has 1 N–H and O–H groups in total. The zero-order valence-electron chi connectivity index (χ0n) is 13.9. The molecule has 0 spiro atoms. The third-order valence-electron chi connectivity index (χ3n) is 3.79. The Kier molecular flexibility index (Phi) is 6.02. The maximum Gasteiger partial charge on any atom is 0.234 e. The van der Waals surface area contributed by atoms with E-state index in [0.29, 0.717) is 0 Å². The molecule has 0 saturated carbocycles. The number of thioether (sulfide) groups is 1. The number of carbonyl (C=O) groups is 1. The number of anilines is 1. The molecule has 0 atom stereocenters. The summed E-state index contributed by atoms with van der Waals surface area (Å²) in [5, 5.41) is 2.41. The third-order valence-corrected chi connectivity index (χ3v) is 5.09. The second-order valence-electron chi connectivity index (χ2n) is 5.68. The average molecular weight is 369 g/mol. The summed E-state index contributed by atoms with van der Waals surface area (Å²) in [5.41, 5.74) is 2.01. The van der Waals surface area contributed by atoms with Gasteiger partial charge in [0.2, 0.25) is 5.91 Å². The highest BCUT2D eigenvalue weighted by atomic mass is 32.2. The van der Waals surface area contributed by atoms with Gasteiger partial charge in [0.25, 0.3) is 0 Å². The van der Waals surface area contributed by atoms with Crippen molar-refractivity contribution in [3.05, 3.63) is 102 Å². The number of hydrogen-bond donors (Lipinski definition) is 1. The molecule has 26 heavy (non-hydrogen) atoms. The molecule has 0 saturated heterocycles. The molecular formula is C21H17F2NOS. The van der Waals surface area contributed by atoms with Crippen molar-refractivity contribution in [2.45, 2.75) is 5.25 Å². The van der Waals surface area contributed by atoms with Gasteiger partial charge < -0.3 is 5.32 Å². The number of rotatable bonds is 6. The minimum absolute atomic E-state index is 0.0273. The molecule has 0 heterocycles. The molecule has 2 nitrogen and oxygen atoms in total. The monoisotopic (exact) mass is 369 g/mol. The zero-order chi connectivity index (χ0) is 18.4. The van der Waals surface area contributed by atoms with Crippen LogP contribution in [0, 0.1) is 11.6 Å². The Labute approximate surface area is 155 Å². The van der Waals surface area contributed by atoms with Gasteiger partial charge in [0, 0.05) is 6.07 Å². The number of amides is 1. The topological polar surface area (TPSA) is 29.1 Å². The predicted molar refractivity (Wildman–Crippen MR) is 102 cm³/mol. The van der Waals surface area contributed by atoms with E-state index in [2.05, 4.69) is 5.32 Å². The highest BCUT2D eigenvalue weighted by Crippen LogP contribution is 2.35. The molecule has 1 amide bonds. The second-order valence-corrected chi connectivity index (χ2v) is 6.78. The van der Waals surface area contributed by atoms with E-state index in [1.54, 1.807) is 0 Å². The van der Waals surface area contributed by atoms with Crippen LogP contribution in [-0.2, 0) is 4.79 Å². The van der Waals surface area contributed by atoms with E-state index in [1.807, 2.05) is 60.7 Å². The fourth-order valence-electron chi connectivity index (χ4n) is 2.58. The van der Waals surface area contributed by atoms with E-state index in [0.717, 1.165) is 29.3 Å². The smallest absolute Gasteiger partial charge is 0.234 e. The lowest BCUT2D eigenvalue weighted by atomic mass is 10.0. The van der Waals surface area contributed by atoms with Crippen LogP contribution in [-0.4, -0.2) is 11.7 Å². The Bertz CT molecular complexity index is 832. The normalized spacial score (nSPS) is 10.7. The highest BCUT2D eigenvalue weighted by molar-refractivity contribution is 8.00. The van der Waals surface area contributed by atoms with Crippen LogP contribution < -0.4 is 5.32 Å². The molecule has 0 aliphatic rings. The second kappa shape index (κ2) is 8.63. The van der Waals surface area contributed by atoms with Crippen molar-refractivity contribution in [2.24, 2.45) is 0 Å². The molecular weight excluding hydrogens is 352 g/mol. The van der Waals surface area contributed by atoms with Crippen molar-refractivity contribution in [3.63, 3.8) is 0 Å². The first-order chi connectivity index (χ1) is 12.6. The summed E-state index contributed by atoms with van der Waals surface area (Å²) < 4.78 is 26.9. The fourth-order valence-corrected chi connectivity index (χ4v) is 3.67. The number of carbonyl (C=O) groups excluding carboxylic acids is 1. The van der Waals surface area contributed by atoms with Gasteiger partial charge in [0.1, 0.15) is 11.6 Å². The van der Waals surface area contributed by atoms with Crippen LogP contribution in [0.15, 0.2) is 78.9 Å². The summed E-state index contributed by atoms with van der Waals surface area (Å²) in [6.07, 6.45) is 0. The van der Waals surface area contributed by atoms with Gasteiger partial charge in [-0.15, -0.1) is 11.8 Å². The predicted octanol–water partition coefficient (Wildman–Crippen LogP) is 5.43. The fraction of sp³-hybridized carbons (Fsp3) is 0.0952. The molecule has 3 aromatic rings. The largest absolute Gasteiger partial charge is 0.323 e. The summed E-state index contributed by atoms with van der Waals surface area (Å²) in [6, 6.07) is 22.7. The van der Waals surface area contributed by atoms with E-state index in [9.17, 15) is 13.6 Å². The van der Waals surface area contributed by atoms with E-state index in [1.165, 1.54) is 11.8 Å². The minimum atomic E-state index is -0.660. The van der Waals surface area contributed by atoms with Crippen molar-refractivity contribution in [1.82, 2.24) is 0 Å². The van der Waals surface area contributed by atoms with E-state index >= 15 is 0 Å². The van der Waals surface area contributed by atoms with Crippen LogP contribution in [0.4, 0.5) is 14.5 Å². The lowest BCUT2D eigenvalue weighted by molar-refractivity contribution is -0.113. The van der Waals surface area contributed by atoms with Gasteiger partial charge in [0.15, 0.2) is 0 Å². The number of nitrogens with one attached hydrogen (secondary N) is 1. The van der Waals surface area contributed by atoms with Crippen molar-refractivity contribution in [3.8, 4) is 0 Å². The van der Waals surface area contributed by atoms with Crippen LogP contribution in [0.2, 0.25) is 0 Å². The highest BCUT2D eigenvalue weighted by Gasteiger charge is 2.17. The van der Waals surface area contributed by atoms with Gasteiger partial charge in [-0.05, 0) is 23.3 Å². The van der Waals surface area contributed by atoms with Crippen LogP contribution in [0.25, 0.3) is 0 Å². The number of hydrogen-bond acceptors (Lipinski definition) is 2. The quantitative estimate of drug-likeness (QED) is 0.628. The zero-order valence-corrected chi connectivity index (χ0v) is 14.7. The summed E-state index contributed by atoms with van der Waals surface area (Å²) >= 11 is 1.44. The number of benzene rings is 3. The molecule has 3 rings (SSSR count). The molecule has 0 aliphatic carbocycles. The van der Waals surface area contributed by atoms with Crippen LogP contribution in [0.3, 0.4) is 0 Å². The van der Waals surface area contributed by atoms with Gasteiger partial charge in [-0.1, -0.05) is 60.7 Å². The Morgan fingerprint density at radius 2 is 1.46 bits per heavy atom. The summed E-state index contributed by atoms with van der Waals surface area (Å²) in [4.78, 5) is 12.2. The maximum absolute atomic E-state index is 13.7. The molecule has 0 unspecified atom stereocenters. The Balaban J connectivity index is 1.72. The minimum Gasteiger partial charge on any atom is -0.323 e. The lowest BCUT2D eigenvalue weighted by Gasteiger charge is -2.17. The van der Waals surface area contributed by atoms with Crippen LogP contribution in [0.1, 0.15) is 16.4 Å². The molecule has 5 heteroatoms. The Morgan fingerprint density at radius 1 is 0.885 bits per heavy atom. The van der Waals surface area contributed by atoms with Crippen LogP contribution in [0.5, 0.6) is 0 Å². The first-order valence-corrected chi connectivity index (χ1v) is 9.15. The van der Waals surface area contributed by atoms with Crippen molar-refractivity contribution in [2.75, 3.05) is 11.1 Å². The van der Waals surface area contributed by atoms with Gasteiger partial charge in [-0.3, -0.25) is 4.79 Å². The van der Waals surface area contributed by atoms with Gasteiger partial charge in [-0.2, -0.15) is 0 Å². The van der Waals surface area contributed by atoms with Gasteiger partial charge in [0.05, 0.1) is 16.7 Å². The summed E-state index contributed by atoms with van der Waals surface area (Å²) in [7, 11) is 0. The standard InChI is InChI=1S/C21H17F2NOS/c22-17-11-12-18(23)19(13-17)24-20(25)14-26-21(15-7-3-1-4-8-15)16-9-5-2-6-10-16/h1-13,21H,14H2,(H,24,25). The summed E-state index contributed by atoms with van der Waals surface area (Å²) in [5.74, 6) is -1.52. The molecule has 3 aromatic carbocycles. The molecule has 0 fully saturated rings. The van der Waals surface area contributed by atoms with Crippen LogP contribution >= 0.6 is 11.8 Å². The van der Waals surface area contributed by atoms with E-state index < -0.39 is 11.6 Å². The molecule has 0 aromatic heterocycles. The SMILES string of the molecule is O=C(CSC(c1ccccc1)c1ccccc1)Nc1cc(F)ccc1F. The van der Waals surface area contributed by atoms with Crippen molar-refractivity contribution < 1.29 is 13.6 Å². The van der Waals surface area contributed by atoms with E-state index in [4.69, 9.17) is 0 Å². The lowest BCUT2D eigenvalue weighted by Crippen LogP contribution is -2.16. The maximum atomic E-state index is 13.7. The molecule has 132 valence electrons. The van der Waals surface area contributed by atoms with E-state index in [-0.39, 0.29) is 22.6 Å². The molecule has 0 bridgehead atoms. The van der Waals surface area contributed by atoms with Crippen molar-refractivity contribution >= 4 is 23.4 Å². The third kappa shape index (κ3) is 4.70. The molecule has 0 aliphatic heterocycles. The number of halogens is 2. The first kappa shape index (κ1) is 18.1. The first-order valence-electron chi connectivity index (χ1n) is 8.10. The Hall–Kier alpha value is -2.66. The average Bonchev–Trinajstić information content (AvgIpc) is 2.67. The Morgan fingerprint density at radius 3 is 2.04 bits per heavy atom. The van der Waals surface area contributed by atoms with Gasteiger partial charge >= 0.3 is 0 Å². The summed E-state index contributed by atoms with van der Waals surface area (Å²) in [6.45, 7) is 0. The van der Waals surface area contributed by atoms with Gasteiger partial charge in [-0.25, -0.2) is 8.78 Å². The van der Waals surface area contributed by atoms with Crippen molar-refractivity contribution in [1.29, 1.82) is 0 Å².